The lowest BCUT2D eigenvalue weighted by Gasteiger charge is -2.01. The summed E-state index contributed by atoms with van der Waals surface area (Å²) in [5.74, 6) is -1.07. The number of aromatic nitrogens is 3. The van der Waals surface area contributed by atoms with E-state index in [-0.39, 0.29) is 34.1 Å². The van der Waals surface area contributed by atoms with Crippen molar-refractivity contribution in [2.24, 2.45) is 5.73 Å². The molecule has 2 rings (SSSR count). The van der Waals surface area contributed by atoms with Crippen molar-refractivity contribution >= 4 is 46.4 Å². The molecule has 2 heterocycles. The first-order valence-electron chi connectivity index (χ1n) is 6.26. The van der Waals surface area contributed by atoms with Crippen LogP contribution in [0.2, 0.25) is 0 Å². The van der Waals surface area contributed by atoms with Gasteiger partial charge in [-0.15, -0.1) is 11.8 Å². The Labute approximate surface area is 133 Å². The number of hydrogen-bond acceptors (Lipinski definition) is 7. The molecule has 118 valence electrons. The lowest BCUT2D eigenvalue weighted by molar-refractivity contribution is -0.139. The molecule has 0 radical (unpaired) electrons. The fourth-order valence-corrected chi connectivity index (χ4v) is 3.11. The SMILES string of the molecule is CCOC(=O)CSc1nc2[nH]c(SC)c(C(N)=O)c2c(=O)[nH]1. The second-order valence-corrected chi connectivity index (χ2v) is 5.87. The molecule has 4 N–H and O–H groups in total. The van der Waals surface area contributed by atoms with E-state index in [0.717, 1.165) is 11.8 Å². The standard InChI is InChI=1S/C12H14N4O4S2/c1-3-20-5(17)4-22-12-15-9-7(10(19)16-12)6(8(13)18)11(14-9)21-2/h3-4H2,1-2H3,(H2,13,18)(H2,14,15,16,19). The van der Waals surface area contributed by atoms with Gasteiger partial charge < -0.3 is 20.4 Å². The predicted molar refractivity (Wildman–Crippen MR) is 84.4 cm³/mol. The zero-order valence-electron chi connectivity index (χ0n) is 11.9. The van der Waals surface area contributed by atoms with Crippen molar-refractivity contribution in [2.45, 2.75) is 17.1 Å². The van der Waals surface area contributed by atoms with Crippen molar-refractivity contribution in [3.05, 3.63) is 15.9 Å². The van der Waals surface area contributed by atoms with Crippen LogP contribution in [0.25, 0.3) is 11.0 Å². The Kier molecular flexibility index (Phi) is 5.14. The van der Waals surface area contributed by atoms with Gasteiger partial charge >= 0.3 is 5.97 Å². The number of ether oxygens (including phenoxy) is 1. The molecule has 2 aromatic heterocycles. The van der Waals surface area contributed by atoms with Gasteiger partial charge in [0, 0.05) is 0 Å². The van der Waals surface area contributed by atoms with Crippen molar-refractivity contribution in [1.82, 2.24) is 15.0 Å². The van der Waals surface area contributed by atoms with Crippen molar-refractivity contribution in [2.75, 3.05) is 18.6 Å². The summed E-state index contributed by atoms with van der Waals surface area (Å²) in [6, 6.07) is 0. The summed E-state index contributed by atoms with van der Waals surface area (Å²) in [5.41, 5.74) is 5.22. The van der Waals surface area contributed by atoms with E-state index in [4.69, 9.17) is 10.5 Å². The molecule has 10 heteroatoms. The van der Waals surface area contributed by atoms with Crippen LogP contribution in [-0.2, 0) is 9.53 Å². The van der Waals surface area contributed by atoms with Crippen LogP contribution >= 0.6 is 23.5 Å². The second-order valence-electron chi connectivity index (χ2n) is 4.09. The van der Waals surface area contributed by atoms with Crippen LogP contribution in [0, 0.1) is 0 Å². The zero-order valence-corrected chi connectivity index (χ0v) is 13.5. The van der Waals surface area contributed by atoms with Crippen molar-refractivity contribution in [3.8, 4) is 0 Å². The number of rotatable bonds is 6. The molecule has 0 aliphatic heterocycles. The number of amides is 1. The van der Waals surface area contributed by atoms with E-state index in [1.807, 2.05) is 0 Å². The Morgan fingerprint density at radius 3 is 2.68 bits per heavy atom. The number of nitrogens with two attached hydrogens (primary N) is 1. The van der Waals surface area contributed by atoms with Gasteiger partial charge in [0.2, 0.25) is 0 Å². The molecular weight excluding hydrogens is 328 g/mol. The molecule has 1 amide bonds. The van der Waals surface area contributed by atoms with Gasteiger partial charge in [0.05, 0.1) is 28.3 Å². The average Bonchev–Trinajstić information content (AvgIpc) is 2.84. The third kappa shape index (κ3) is 3.28. The highest BCUT2D eigenvalue weighted by atomic mass is 32.2. The Morgan fingerprint density at radius 2 is 2.09 bits per heavy atom. The first-order valence-corrected chi connectivity index (χ1v) is 8.47. The van der Waals surface area contributed by atoms with Gasteiger partial charge in [-0.1, -0.05) is 11.8 Å². The van der Waals surface area contributed by atoms with Gasteiger partial charge in [-0.05, 0) is 13.2 Å². The molecule has 0 saturated carbocycles. The maximum Gasteiger partial charge on any atom is 0.316 e. The normalized spacial score (nSPS) is 10.8. The minimum Gasteiger partial charge on any atom is -0.465 e. The number of carbonyl (C=O) groups is 2. The molecule has 0 unspecified atom stereocenters. The number of carbonyl (C=O) groups excluding carboxylic acids is 2. The van der Waals surface area contributed by atoms with Gasteiger partial charge in [-0.2, -0.15) is 0 Å². The van der Waals surface area contributed by atoms with Gasteiger partial charge in [0.25, 0.3) is 11.5 Å². The Morgan fingerprint density at radius 1 is 1.36 bits per heavy atom. The van der Waals surface area contributed by atoms with Gasteiger partial charge in [-0.3, -0.25) is 14.4 Å². The molecule has 8 nitrogen and oxygen atoms in total. The van der Waals surface area contributed by atoms with E-state index in [1.165, 1.54) is 11.8 Å². The third-order valence-corrected chi connectivity index (χ3v) is 4.25. The van der Waals surface area contributed by atoms with Crippen LogP contribution in [0.3, 0.4) is 0 Å². The van der Waals surface area contributed by atoms with E-state index in [2.05, 4.69) is 15.0 Å². The number of primary amides is 1. The zero-order chi connectivity index (χ0) is 16.3. The summed E-state index contributed by atoms with van der Waals surface area (Å²) >= 11 is 2.30. The molecule has 2 aromatic rings. The van der Waals surface area contributed by atoms with E-state index in [9.17, 15) is 14.4 Å². The minimum absolute atomic E-state index is 0.0288. The highest BCUT2D eigenvalue weighted by Crippen LogP contribution is 2.25. The maximum atomic E-state index is 12.2. The smallest absolute Gasteiger partial charge is 0.316 e. The Hall–Kier alpha value is -1.94. The summed E-state index contributed by atoms with van der Waals surface area (Å²) in [6.07, 6.45) is 1.75. The fraction of sp³-hybridized carbons (Fsp3) is 0.333. The molecule has 0 aliphatic carbocycles. The number of hydrogen-bond donors (Lipinski definition) is 3. The largest absolute Gasteiger partial charge is 0.465 e. The quantitative estimate of drug-likeness (QED) is 0.400. The third-order valence-electron chi connectivity index (χ3n) is 2.69. The van der Waals surface area contributed by atoms with E-state index in [1.54, 1.807) is 13.2 Å². The van der Waals surface area contributed by atoms with Gasteiger partial charge in [0.1, 0.15) is 5.65 Å². The predicted octanol–water partition coefficient (Wildman–Crippen LogP) is 0.727. The first kappa shape index (κ1) is 16.4. The van der Waals surface area contributed by atoms with Crippen molar-refractivity contribution < 1.29 is 14.3 Å². The Bertz CT molecular complexity index is 783. The van der Waals surface area contributed by atoms with Crippen molar-refractivity contribution in [3.63, 3.8) is 0 Å². The Balaban J connectivity index is 2.40. The highest BCUT2D eigenvalue weighted by Gasteiger charge is 2.20. The van der Waals surface area contributed by atoms with Crippen LogP contribution < -0.4 is 11.3 Å². The van der Waals surface area contributed by atoms with E-state index >= 15 is 0 Å². The molecule has 0 fully saturated rings. The van der Waals surface area contributed by atoms with E-state index in [0.29, 0.717) is 5.03 Å². The topological polar surface area (TPSA) is 131 Å². The number of esters is 1. The molecule has 0 atom stereocenters. The number of aromatic amines is 2. The first-order chi connectivity index (χ1) is 10.5. The summed E-state index contributed by atoms with van der Waals surface area (Å²) in [6.45, 7) is 2.00. The van der Waals surface area contributed by atoms with Crippen LogP contribution in [0.5, 0.6) is 0 Å². The molecular formula is C12H14N4O4S2. The molecule has 0 saturated heterocycles. The summed E-state index contributed by atoms with van der Waals surface area (Å²) in [4.78, 5) is 44.6. The summed E-state index contributed by atoms with van der Waals surface area (Å²) < 4.78 is 4.80. The number of fused-ring (bicyclic) bond motifs is 1. The monoisotopic (exact) mass is 342 g/mol. The van der Waals surface area contributed by atoms with Gasteiger partial charge in [-0.25, -0.2) is 4.98 Å². The number of thioether (sulfide) groups is 2. The molecule has 0 bridgehead atoms. The van der Waals surface area contributed by atoms with Crippen molar-refractivity contribution in [1.29, 1.82) is 0 Å². The minimum atomic E-state index is -0.699. The number of nitrogens with one attached hydrogen (secondary N) is 2. The second kappa shape index (κ2) is 6.88. The molecule has 0 aliphatic rings. The van der Waals surface area contributed by atoms with Crippen LogP contribution in [0.1, 0.15) is 17.3 Å². The maximum absolute atomic E-state index is 12.2. The van der Waals surface area contributed by atoms with Crippen LogP contribution in [0.15, 0.2) is 15.0 Å². The molecule has 22 heavy (non-hydrogen) atoms. The number of nitrogens with zero attached hydrogens (tertiary/aromatic N) is 1. The molecule has 0 spiro atoms. The van der Waals surface area contributed by atoms with Crippen LogP contribution in [0.4, 0.5) is 0 Å². The van der Waals surface area contributed by atoms with Gasteiger partial charge in [0.15, 0.2) is 5.16 Å². The van der Waals surface area contributed by atoms with E-state index < -0.39 is 17.4 Å². The van der Waals surface area contributed by atoms with Crippen LogP contribution in [-0.4, -0.2) is 45.4 Å². The molecule has 0 aromatic carbocycles. The average molecular weight is 342 g/mol. The lowest BCUT2D eigenvalue weighted by Crippen LogP contribution is -2.17. The number of H-pyrrole nitrogens is 2. The fourth-order valence-electron chi connectivity index (χ4n) is 1.84. The lowest BCUT2D eigenvalue weighted by atomic mass is 10.2. The summed E-state index contributed by atoms with van der Waals surface area (Å²) in [5, 5.41) is 0.862. The highest BCUT2D eigenvalue weighted by molar-refractivity contribution is 7.99. The summed E-state index contributed by atoms with van der Waals surface area (Å²) in [7, 11) is 0.